The first kappa shape index (κ1) is 25.7. The van der Waals surface area contributed by atoms with Crippen LogP contribution < -0.4 is 9.47 Å². The molecule has 5 heteroatoms. The summed E-state index contributed by atoms with van der Waals surface area (Å²) in [7, 11) is 1.65. The van der Waals surface area contributed by atoms with E-state index in [0.29, 0.717) is 24.7 Å². The van der Waals surface area contributed by atoms with Crippen LogP contribution in [0, 0.1) is 22.7 Å². The normalized spacial score (nSPS) is 15.4. The van der Waals surface area contributed by atoms with E-state index in [1.54, 1.807) is 18.4 Å². The Balaban J connectivity index is 1.62. The van der Waals surface area contributed by atoms with Gasteiger partial charge < -0.3 is 9.47 Å². The molecular formula is C31H34N2O2S. The van der Waals surface area contributed by atoms with E-state index in [1.165, 1.54) is 10.4 Å². The van der Waals surface area contributed by atoms with E-state index in [0.717, 1.165) is 52.3 Å². The standard InChI is InChI=1S/C31H34N2O2S/c1-6-10-23-15-22(16-27(34-5)29(23)35-20-21-11-8-7-9-12-21)19-33-30-26(18-32)25-14-13-24(31(2,3)4)17-28(25)36-30/h6-9,11-12,15-16,19,24H,1,10,13-14,17,20H2,2-5H3/t24-/m0/s1. The highest BCUT2D eigenvalue weighted by Gasteiger charge is 2.32. The largest absolute Gasteiger partial charge is 0.493 e. The molecule has 3 aromatic rings. The lowest BCUT2D eigenvalue weighted by Gasteiger charge is -2.33. The number of nitriles is 1. The lowest BCUT2D eigenvalue weighted by atomic mass is 9.72. The fraction of sp³-hybridized carbons (Fsp3) is 0.355. The average molecular weight is 499 g/mol. The predicted octanol–water partition coefficient (Wildman–Crippen LogP) is 7.84. The molecule has 1 aromatic heterocycles. The second-order valence-corrected chi connectivity index (χ2v) is 11.4. The maximum Gasteiger partial charge on any atom is 0.165 e. The Bertz CT molecular complexity index is 1290. The molecule has 0 amide bonds. The molecule has 1 atom stereocenters. The molecule has 0 unspecified atom stereocenters. The minimum absolute atomic E-state index is 0.264. The quantitative estimate of drug-likeness (QED) is 0.235. The summed E-state index contributed by atoms with van der Waals surface area (Å²) in [6.07, 6.45) is 7.44. The molecule has 1 aliphatic rings. The molecule has 0 bridgehead atoms. The highest BCUT2D eigenvalue weighted by atomic mass is 32.1. The fourth-order valence-corrected chi connectivity index (χ4v) is 5.98. The number of hydrogen-bond acceptors (Lipinski definition) is 5. The highest BCUT2D eigenvalue weighted by Crippen LogP contribution is 2.45. The van der Waals surface area contributed by atoms with Gasteiger partial charge in [0.05, 0.1) is 12.7 Å². The van der Waals surface area contributed by atoms with E-state index < -0.39 is 0 Å². The van der Waals surface area contributed by atoms with E-state index in [2.05, 4.69) is 39.5 Å². The number of ether oxygens (including phenoxy) is 2. The zero-order chi connectivity index (χ0) is 25.7. The monoisotopic (exact) mass is 498 g/mol. The summed E-state index contributed by atoms with van der Waals surface area (Å²) < 4.78 is 11.9. The van der Waals surface area contributed by atoms with Gasteiger partial charge >= 0.3 is 0 Å². The van der Waals surface area contributed by atoms with Crippen molar-refractivity contribution in [2.75, 3.05) is 7.11 Å². The Kier molecular flexibility index (Phi) is 7.96. The van der Waals surface area contributed by atoms with Crippen molar-refractivity contribution in [2.45, 2.75) is 53.1 Å². The summed E-state index contributed by atoms with van der Waals surface area (Å²) in [5.74, 6) is 2.00. The fourth-order valence-electron chi connectivity index (χ4n) is 4.76. The van der Waals surface area contributed by atoms with Crippen molar-refractivity contribution in [3.8, 4) is 17.6 Å². The SMILES string of the molecule is C=CCc1cc(C=Nc2sc3c(c2C#N)CC[C@H](C(C)(C)C)C3)cc(OC)c1OCc1ccccc1. The molecule has 1 heterocycles. The van der Waals surface area contributed by atoms with Gasteiger partial charge in [-0.25, -0.2) is 4.99 Å². The van der Waals surface area contributed by atoms with Crippen LogP contribution in [0.1, 0.15) is 59.9 Å². The summed E-state index contributed by atoms with van der Waals surface area (Å²) in [5, 5.41) is 10.7. The number of fused-ring (bicyclic) bond motifs is 1. The molecule has 0 N–H and O–H groups in total. The maximum absolute atomic E-state index is 9.91. The summed E-state index contributed by atoms with van der Waals surface area (Å²) in [5.41, 5.74) is 5.18. The van der Waals surface area contributed by atoms with Gasteiger partial charge in [0.2, 0.25) is 0 Å². The Labute approximate surface area is 218 Å². The van der Waals surface area contributed by atoms with Crippen LogP contribution in [-0.2, 0) is 25.9 Å². The Morgan fingerprint density at radius 2 is 2.00 bits per heavy atom. The van der Waals surface area contributed by atoms with Gasteiger partial charge in [0.1, 0.15) is 17.7 Å². The zero-order valence-corrected chi connectivity index (χ0v) is 22.5. The number of rotatable bonds is 8. The second kappa shape index (κ2) is 11.1. The van der Waals surface area contributed by atoms with Crippen LogP contribution in [0.3, 0.4) is 0 Å². The van der Waals surface area contributed by atoms with Crippen LogP contribution in [0.4, 0.5) is 5.00 Å². The lowest BCUT2D eigenvalue weighted by molar-refractivity contribution is 0.218. The Morgan fingerprint density at radius 3 is 2.67 bits per heavy atom. The molecular weight excluding hydrogens is 464 g/mol. The third-order valence-electron chi connectivity index (χ3n) is 6.88. The van der Waals surface area contributed by atoms with Crippen molar-refractivity contribution < 1.29 is 9.47 Å². The van der Waals surface area contributed by atoms with Gasteiger partial charge in [0.15, 0.2) is 11.5 Å². The van der Waals surface area contributed by atoms with Crippen molar-refractivity contribution in [1.82, 2.24) is 0 Å². The van der Waals surface area contributed by atoms with Crippen LogP contribution in [-0.4, -0.2) is 13.3 Å². The van der Waals surface area contributed by atoms with Gasteiger partial charge in [-0.15, -0.1) is 17.9 Å². The minimum Gasteiger partial charge on any atom is -0.493 e. The average Bonchev–Trinajstić information content (AvgIpc) is 3.23. The van der Waals surface area contributed by atoms with E-state index in [1.807, 2.05) is 48.7 Å². The van der Waals surface area contributed by atoms with Crippen molar-refractivity contribution in [2.24, 2.45) is 16.3 Å². The molecule has 0 aliphatic heterocycles. The lowest BCUT2D eigenvalue weighted by Crippen LogP contribution is -2.26. The first-order valence-electron chi connectivity index (χ1n) is 12.4. The van der Waals surface area contributed by atoms with Gasteiger partial charge in [-0.2, -0.15) is 5.26 Å². The van der Waals surface area contributed by atoms with E-state index in [-0.39, 0.29) is 5.41 Å². The molecule has 0 fully saturated rings. The van der Waals surface area contributed by atoms with Crippen molar-refractivity contribution in [3.63, 3.8) is 0 Å². The first-order chi connectivity index (χ1) is 17.3. The van der Waals surface area contributed by atoms with Crippen molar-refractivity contribution in [1.29, 1.82) is 5.26 Å². The Hall–Kier alpha value is -3.36. The highest BCUT2D eigenvalue weighted by molar-refractivity contribution is 7.16. The van der Waals surface area contributed by atoms with Crippen LogP contribution in [0.5, 0.6) is 11.5 Å². The third kappa shape index (κ3) is 5.71. The molecule has 4 nitrogen and oxygen atoms in total. The van der Waals surface area contributed by atoms with Crippen LogP contribution in [0.2, 0.25) is 0 Å². The smallest absolute Gasteiger partial charge is 0.165 e. The number of allylic oxidation sites excluding steroid dienone is 1. The molecule has 2 aromatic carbocycles. The van der Waals surface area contributed by atoms with Gasteiger partial charge in [0, 0.05) is 16.7 Å². The summed E-state index contributed by atoms with van der Waals surface area (Å²) in [6.45, 7) is 11.3. The first-order valence-corrected chi connectivity index (χ1v) is 13.2. The number of thiophene rings is 1. The van der Waals surface area contributed by atoms with E-state index in [9.17, 15) is 5.26 Å². The summed E-state index contributed by atoms with van der Waals surface area (Å²) in [4.78, 5) is 6.11. The zero-order valence-electron chi connectivity index (χ0n) is 21.6. The van der Waals surface area contributed by atoms with Crippen molar-refractivity contribution >= 4 is 22.6 Å². The molecule has 0 radical (unpaired) electrons. The molecule has 0 spiro atoms. The topological polar surface area (TPSA) is 54.6 Å². The van der Waals surface area contributed by atoms with Crippen LogP contribution in [0.25, 0.3) is 0 Å². The number of benzene rings is 2. The number of hydrogen-bond donors (Lipinski definition) is 0. The maximum atomic E-state index is 9.91. The molecule has 0 saturated heterocycles. The van der Waals surface area contributed by atoms with Crippen LogP contribution in [0.15, 0.2) is 60.1 Å². The van der Waals surface area contributed by atoms with Crippen molar-refractivity contribution in [3.05, 3.63) is 87.8 Å². The molecule has 1 aliphatic carbocycles. The summed E-state index contributed by atoms with van der Waals surface area (Å²) in [6, 6.07) is 16.5. The molecule has 36 heavy (non-hydrogen) atoms. The van der Waals surface area contributed by atoms with E-state index >= 15 is 0 Å². The molecule has 186 valence electrons. The number of aliphatic imine (C=N–C) groups is 1. The van der Waals surface area contributed by atoms with Gasteiger partial charge in [-0.1, -0.05) is 57.2 Å². The predicted molar refractivity (Wildman–Crippen MR) is 149 cm³/mol. The third-order valence-corrected chi connectivity index (χ3v) is 8.04. The molecule has 0 saturated carbocycles. The molecule has 4 rings (SSSR count). The van der Waals surface area contributed by atoms with Gasteiger partial charge in [0.25, 0.3) is 0 Å². The van der Waals surface area contributed by atoms with Gasteiger partial charge in [-0.05, 0) is 65.8 Å². The number of methoxy groups -OCH3 is 1. The Morgan fingerprint density at radius 1 is 1.22 bits per heavy atom. The number of nitrogens with zero attached hydrogens (tertiary/aromatic N) is 2. The van der Waals surface area contributed by atoms with Gasteiger partial charge in [-0.3, -0.25) is 0 Å². The van der Waals surface area contributed by atoms with Crippen LogP contribution >= 0.6 is 11.3 Å². The second-order valence-electron chi connectivity index (χ2n) is 10.3. The minimum atomic E-state index is 0.264. The summed E-state index contributed by atoms with van der Waals surface area (Å²) >= 11 is 1.67. The van der Waals surface area contributed by atoms with E-state index in [4.69, 9.17) is 14.5 Å².